The van der Waals surface area contributed by atoms with Crippen LogP contribution in [-0.2, 0) is 11.3 Å². The van der Waals surface area contributed by atoms with Crippen LogP contribution in [0.2, 0.25) is 0 Å². The van der Waals surface area contributed by atoms with Gasteiger partial charge in [-0.3, -0.25) is 0 Å². The molecule has 2 aromatic rings. The molecule has 0 radical (unpaired) electrons. The lowest BCUT2D eigenvalue weighted by Crippen LogP contribution is -2.13. The minimum Gasteiger partial charge on any atom is -0.461 e. The lowest BCUT2D eigenvalue weighted by molar-refractivity contribution is 0.0519. The molecule has 0 saturated heterocycles. The molecule has 2 heterocycles. The van der Waals surface area contributed by atoms with E-state index in [2.05, 4.69) is 17.2 Å². The van der Waals surface area contributed by atoms with Crippen molar-refractivity contribution in [1.29, 1.82) is 0 Å². The highest BCUT2D eigenvalue weighted by Crippen LogP contribution is 2.36. The van der Waals surface area contributed by atoms with Gasteiger partial charge in [-0.1, -0.05) is 43.7 Å². The molecule has 1 aliphatic heterocycles. The molecule has 120 valence electrons. The molecular weight excluding hydrogens is 288 g/mol. The van der Waals surface area contributed by atoms with Gasteiger partial charge in [0.25, 0.3) is 0 Å². The van der Waals surface area contributed by atoms with E-state index in [4.69, 9.17) is 4.74 Å². The van der Waals surface area contributed by atoms with E-state index in [-0.39, 0.29) is 5.97 Å². The summed E-state index contributed by atoms with van der Waals surface area (Å²) < 4.78 is 5.13. The van der Waals surface area contributed by atoms with E-state index in [1.165, 1.54) is 5.56 Å². The van der Waals surface area contributed by atoms with Crippen LogP contribution in [0.15, 0.2) is 36.4 Å². The van der Waals surface area contributed by atoms with Crippen LogP contribution in [0, 0.1) is 0 Å². The Morgan fingerprint density at radius 2 is 2.09 bits per heavy atom. The third kappa shape index (κ3) is 3.13. The summed E-state index contributed by atoms with van der Waals surface area (Å²) in [5.74, 6) is -0.355. The average molecular weight is 310 g/mol. The first-order chi connectivity index (χ1) is 11.2. The lowest BCUT2D eigenvalue weighted by Gasteiger charge is -2.16. The molecule has 0 saturated carbocycles. The third-order valence-corrected chi connectivity index (χ3v) is 4.14. The highest BCUT2D eigenvalue weighted by molar-refractivity contribution is 5.89. The molecule has 23 heavy (non-hydrogen) atoms. The summed E-state index contributed by atoms with van der Waals surface area (Å²) in [6.07, 6.45) is 2.16. The second-order valence-corrected chi connectivity index (χ2v) is 5.74. The van der Waals surface area contributed by atoms with Crippen LogP contribution in [0.4, 0.5) is 0 Å². The lowest BCUT2D eigenvalue weighted by atomic mass is 9.95. The Labute approximate surface area is 136 Å². The number of ether oxygens (including phenoxy) is 1. The standard InChI is InChI=1S/C19H22N2O2/c1-3-8-15-17-14(12-20-15)11-16(19(22)23-4-2)21-18(17)13-9-6-5-7-10-13/h5-7,9-11,15,20H,3-4,8,12H2,1-2H3/t15-/m1/s1. The van der Waals surface area contributed by atoms with E-state index in [1.807, 2.05) is 43.3 Å². The molecule has 0 amide bonds. The van der Waals surface area contributed by atoms with Crippen molar-refractivity contribution in [2.75, 3.05) is 6.61 Å². The van der Waals surface area contributed by atoms with Crippen LogP contribution < -0.4 is 5.32 Å². The van der Waals surface area contributed by atoms with Gasteiger partial charge in [-0.05, 0) is 30.5 Å². The van der Waals surface area contributed by atoms with E-state index in [9.17, 15) is 4.79 Å². The van der Waals surface area contributed by atoms with Gasteiger partial charge in [0.2, 0.25) is 0 Å². The zero-order chi connectivity index (χ0) is 16.2. The molecule has 0 aliphatic carbocycles. The number of hydrogen-bond acceptors (Lipinski definition) is 4. The van der Waals surface area contributed by atoms with Gasteiger partial charge >= 0.3 is 5.97 Å². The van der Waals surface area contributed by atoms with Crippen molar-refractivity contribution in [1.82, 2.24) is 10.3 Å². The smallest absolute Gasteiger partial charge is 0.356 e. The summed E-state index contributed by atoms with van der Waals surface area (Å²) in [5.41, 5.74) is 4.71. The van der Waals surface area contributed by atoms with Gasteiger partial charge in [0.15, 0.2) is 0 Å². The predicted octanol–water partition coefficient (Wildman–Crippen LogP) is 3.87. The summed E-state index contributed by atoms with van der Waals surface area (Å²) >= 11 is 0. The van der Waals surface area contributed by atoms with Crippen molar-refractivity contribution in [2.45, 2.75) is 39.3 Å². The minimum atomic E-state index is -0.355. The van der Waals surface area contributed by atoms with Crippen LogP contribution in [0.3, 0.4) is 0 Å². The highest BCUT2D eigenvalue weighted by Gasteiger charge is 2.28. The van der Waals surface area contributed by atoms with Crippen LogP contribution in [0.5, 0.6) is 0 Å². The van der Waals surface area contributed by atoms with Crippen molar-refractivity contribution in [3.8, 4) is 11.3 Å². The van der Waals surface area contributed by atoms with Crippen molar-refractivity contribution in [3.05, 3.63) is 53.2 Å². The van der Waals surface area contributed by atoms with Crippen LogP contribution in [0.1, 0.15) is 54.3 Å². The molecule has 0 bridgehead atoms. The second-order valence-electron chi connectivity index (χ2n) is 5.74. The molecule has 1 aromatic heterocycles. The molecule has 1 aliphatic rings. The number of benzene rings is 1. The number of carbonyl (C=O) groups excluding carboxylic acids is 1. The van der Waals surface area contributed by atoms with Gasteiger partial charge in [0.05, 0.1) is 12.3 Å². The topological polar surface area (TPSA) is 51.2 Å². The van der Waals surface area contributed by atoms with Crippen LogP contribution in [0.25, 0.3) is 11.3 Å². The fourth-order valence-corrected chi connectivity index (χ4v) is 3.14. The molecule has 3 rings (SSSR count). The van der Waals surface area contributed by atoms with E-state index in [0.717, 1.165) is 36.2 Å². The average Bonchev–Trinajstić information content (AvgIpc) is 2.98. The van der Waals surface area contributed by atoms with E-state index >= 15 is 0 Å². The molecular formula is C19H22N2O2. The molecule has 1 aromatic carbocycles. The zero-order valence-electron chi connectivity index (χ0n) is 13.6. The SMILES string of the molecule is CCC[C@H]1NCc2cc(C(=O)OCC)nc(-c3ccccc3)c21. The molecule has 0 spiro atoms. The first-order valence-electron chi connectivity index (χ1n) is 8.24. The molecule has 0 unspecified atom stereocenters. The molecule has 1 N–H and O–H groups in total. The van der Waals surface area contributed by atoms with Crippen molar-refractivity contribution in [3.63, 3.8) is 0 Å². The fourth-order valence-electron chi connectivity index (χ4n) is 3.14. The van der Waals surface area contributed by atoms with E-state index in [0.29, 0.717) is 18.3 Å². The highest BCUT2D eigenvalue weighted by atomic mass is 16.5. The maximum Gasteiger partial charge on any atom is 0.356 e. The molecule has 0 fully saturated rings. The Hall–Kier alpha value is -2.20. The first-order valence-corrected chi connectivity index (χ1v) is 8.24. The number of pyridine rings is 1. The largest absolute Gasteiger partial charge is 0.461 e. The van der Waals surface area contributed by atoms with Gasteiger partial charge in [0, 0.05) is 18.2 Å². The molecule has 4 heteroatoms. The monoisotopic (exact) mass is 310 g/mol. The van der Waals surface area contributed by atoms with Gasteiger partial charge < -0.3 is 10.1 Å². The predicted molar refractivity (Wildman–Crippen MR) is 90.1 cm³/mol. The van der Waals surface area contributed by atoms with E-state index in [1.54, 1.807) is 0 Å². The zero-order valence-corrected chi connectivity index (χ0v) is 13.6. The number of aromatic nitrogens is 1. The van der Waals surface area contributed by atoms with Gasteiger partial charge in [-0.25, -0.2) is 9.78 Å². The Morgan fingerprint density at radius 1 is 1.30 bits per heavy atom. The van der Waals surface area contributed by atoms with Gasteiger partial charge in [-0.15, -0.1) is 0 Å². The van der Waals surface area contributed by atoms with Crippen molar-refractivity contribution in [2.24, 2.45) is 0 Å². The number of nitrogens with one attached hydrogen (secondary N) is 1. The number of carbonyl (C=O) groups is 1. The fraction of sp³-hybridized carbons (Fsp3) is 0.368. The number of fused-ring (bicyclic) bond motifs is 1. The number of rotatable bonds is 5. The van der Waals surface area contributed by atoms with Crippen molar-refractivity contribution >= 4 is 5.97 Å². The third-order valence-electron chi connectivity index (χ3n) is 4.14. The Kier molecular flexibility index (Phi) is 4.72. The number of nitrogens with zero attached hydrogens (tertiary/aromatic N) is 1. The summed E-state index contributed by atoms with van der Waals surface area (Å²) in [4.78, 5) is 16.8. The Morgan fingerprint density at radius 3 is 2.78 bits per heavy atom. The normalized spacial score (nSPS) is 16.2. The first kappa shape index (κ1) is 15.7. The Balaban J connectivity index is 2.12. The van der Waals surface area contributed by atoms with Crippen LogP contribution >= 0.6 is 0 Å². The second kappa shape index (κ2) is 6.92. The quantitative estimate of drug-likeness (QED) is 0.852. The summed E-state index contributed by atoms with van der Waals surface area (Å²) in [6.45, 7) is 5.12. The Bertz CT molecular complexity index is 698. The van der Waals surface area contributed by atoms with E-state index < -0.39 is 0 Å². The summed E-state index contributed by atoms with van der Waals surface area (Å²) in [6, 6.07) is 12.2. The maximum absolute atomic E-state index is 12.1. The number of hydrogen-bond donors (Lipinski definition) is 1. The molecule has 1 atom stereocenters. The molecule has 4 nitrogen and oxygen atoms in total. The van der Waals surface area contributed by atoms with Gasteiger partial charge in [0.1, 0.15) is 5.69 Å². The maximum atomic E-state index is 12.1. The minimum absolute atomic E-state index is 0.300. The van der Waals surface area contributed by atoms with Crippen molar-refractivity contribution < 1.29 is 9.53 Å². The summed E-state index contributed by atoms with van der Waals surface area (Å²) in [5, 5.41) is 3.54. The van der Waals surface area contributed by atoms with Crippen LogP contribution in [-0.4, -0.2) is 17.6 Å². The number of esters is 1. The summed E-state index contributed by atoms with van der Waals surface area (Å²) in [7, 11) is 0. The van der Waals surface area contributed by atoms with Gasteiger partial charge in [-0.2, -0.15) is 0 Å².